The standard InChI is InChI=1S/C15H33NO/c1-5-7-8-9-10-12-17-15(4)13-16-14(3)11-6-2/h14-16H,5-13H2,1-4H3. The molecular weight excluding hydrogens is 210 g/mol. The fourth-order valence-corrected chi connectivity index (χ4v) is 1.95. The van der Waals surface area contributed by atoms with Crippen molar-refractivity contribution in [2.45, 2.75) is 84.8 Å². The van der Waals surface area contributed by atoms with Gasteiger partial charge in [0, 0.05) is 19.2 Å². The van der Waals surface area contributed by atoms with Gasteiger partial charge in [0.25, 0.3) is 0 Å². The number of rotatable bonds is 12. The molecule has 0 aromatic heterocycles. The van der Waals surface area contributed by atoms with Gasteiger partial charge in [0.05, 0.1) is 6.10 Å². The van der Waals surface area contributed by atoms with Crippen molar-refractivity contribution in [3.63, 3.8) is 0 Å². The first kappa shape index (κ1) is 16.9. The highest BCUT2D eigenvalue weighted by Crippen LogP contribution is 2.03. The van der Waals surface area contributed by atoms with Crippen LogP contribution in [-0.4, -0.2) is 25.3 Å². The van der Waals surface area contributed by atoms with Gasteiger partial charge in [-0.2, -0.15) is 0 Å². The first-order valence-corrected chi connectivity index (χ1v) is 7.55. The largest absolute Gasteiger partial charge is 0.377 e. The minimum absolute atomic E-state index is 0.348. The zero-order valence-corrected chi connectivity index (χ0v) is 12.4. The van der Waals surface area contributed by atoms with E-state index < -0.39 is 0 Å². The monoisotopic (exact) mass is 243 g/mol. The van der Waals surface area contributed by atoms with Crippen molar-refractivity contribution in [1.82, 2.24) is 5.32 Å². The van der Waals surface area contributed by atoms with E-state index in [1.165, 1.54) is 44.9 Å². The molecule has 0 aliphatic heterocycles. The van der Waals surface area contributed by atoms with Crippen molar-refractivity contribution in [1.29, 1.82) is 0 Å². The normalized spacial score (nSPS) is 14.8. The maximum Gasteiger partial charge on any atom is 0.0671 e. The summed E-state index contributed by atoms with van der Waals surface area (Å²) in [5.74, 6) is 0. The minimum atomic E-state index is 0.348. The molecule has 0 fully saturated rings. The quantitative estimate of drug-likeness (QED) is 0.520. The summed E-state index contributed by atoms with van der Waals surface area (Å²) in [5, 5.41) is 3.52. The molecule has 2 heteroatoms. The van der Waals surface area contributed by atoms with E-state index in [9.17, 15) is 0 Å². The zero-order chi connectivity index (χ0) is 12.9. The SMILES string of the molecule is CCCCCCCOC(C)CNC(C)CCC. The van der Waals surface area contributed by atoms with Gasteiger partial charge in [-0.1, -0.05) is 46.0 Å². The van der Waals surface area contributed by atoms with Crippen molar-refractivity contribution in [3.8, 4) is 0 Å². The Morgan fingerprint density at radius 2 is 1.65 bits per heavy atom. The number of hydrogen-bond donors (Lipinski definition) is 1. The third-order valence-corrected chi connectivity index (χ3v) is 3.13. The molecule has 0 rings (SSSR count). The van der Waals surface area contributed by atoms with Gasteiger partial charge in [-0.3, -0.25) is 0 Å². The molecule has 2 atom stereocenters. The predicted octanol–water partition coefficient (Wildman–Crippen LogP) is 4.14. The van der Waals surface area contributed by atoms with Gasteiger partial charge in [0.2, 0.25) is 0 Å². The number of ether oxygens (including phenoxy) is 1. The van der Waals surface area contributed by atoms with Crippen LogP contribution in [-0.2, 0) is 4.74 Å². The van der Waals surface area contributed by atoms with Crippen LogP contribution in [0.2, 0.25) is 0 Å². The van der Waals surface area contributed by atoms with E-state index in [1.54, 1.807) is 0 Å². The molecular formula is C15H33NO. The summed E-state index contributed by atoms with van der Waals surface area (Å²) in [4.78, 5) is 0. The maximum absolute atomic E-state index is 5.79. The van der Waals surface area contributed by atoms with E-state index in [0.29, 0.717) is 12.1 Å². The van der Waals surface area contributed by atoms with Crippen LogP contribution in [0.3, 0.4) is 0 Å². The lowest BCUT2D eigenvalue weighted by Crippen LogP contribution is -2.33. The van der Waals surface area contributed by atoms with Crippen molar-refractivity contribution in [2.75, 3.05) is 13.2 Å². The second-order valence-corrected chi connectivity index (χ2v) is 5.19. The Morgan fingerprint density at radius 1 is 0.941 bits per heavy atom. The Bertz CT molecular complexity index is 150. The second-order valence-electron chi connectivity index (χ2n) is 5.19. The highest BCUT2D eigenvalue weighted by atomic mass is 16.5. The summed E-state index contributed by atoms with van der Waals surface area (Å²) in [7, 11) is 0. The Morgan fingerprint density at radius 3 is 2.29 bits per heavy atom. The second kappa shape index (κ2) is 12.4. The molecule has 2 nitrogen and oxygen atoms in total. The van der Waals surface area contributed by atoms with E-state index in [2.05, 4.69) is 33.0 Å². The molecule has 0 aromatic carbocycles. The summed E-state index contributed by atoms with van der Waals surface area (Å²) >= 11 is 0. The molecule has 17 heavy (non-hydrogen) atoms. The Labute approximate surface area is 109 Å². The van der Waals surface area contributed by atoms with Gasteiger partial charge >= 0.3 is 0 Å². The van der Waals surface area contributed by atoms with E-state index in [0.717, 1.165) is 13.2 Å². The van der Waals surface area contributed by atoms with Crippen LogP contribution in [0.4, 0.5) is 0 Å². The van der Waals surface area contributed by atoms with Crippen LogP contribution in [0.1, 0.15) is 72.6 Å². The van der Waals surface area contributed by atoms with Gasteiger partial charge < -0.3 is 10.1 Å². The summed E-state index contributed by atoms with van der Waals surface area (Å²) in [6.07, 6.45) is 9.43. The van der Waals surface area contributed by atoms with Crippen LogP contribution >= 0.6 is 0 Å². The lowest BCUT2D eigenvalue weighted by molar-refractivity contribution is 0.0612. The highest BCUT2D eigenvalue weighted by Gasteiger charge is 2.04. The summed E-state index contributed by atoms with van der Waals surface area (Å²) in [6, 6.07) is 0.621. The third-order valence-electron chi connectivity index (χ3n) is 3.13. The topological polar surface area (TPSA) is 21.3 Å². The predicted molar refractivity (Wildman–Crippen MR) is 76.5 cm³/mol. The van der Waals surface area contributed by atoms with E-state index in [4.69, 9.17) is 4.74 Å². The molecule has 0 bridgehead atoms. The molecule has 1 N–H and O–H groups in total. The zero-order valence-electron chi connectivity index (χ0n) is 12.4. The number of nitrogens with one attached hydrogen (secondary N) is 1. The van der Waals surface area contributed by atoms with Crippen LogP contribution in [0, 0.1) is 0 Å². The number of hydrogen-bond acceptors (Lipinski definition) is 2. The molecule has 0 aromatic rings. The average molecular weight is 243 g/mol. The highest BCUT2D eigenvalue weighted by molar-refractivity contribution is 4.62. The van der Waals surface area contributed by atoms with Gasteiger partial charge in [-0.15, -0.1) is 0 Å². The first-order valence-electron chi connectivity index (χ1n) is 7.55. The van der Waals surface area contributed by atoms with Crippen molar-refractivity contribution >= 4 is 0 Å². The first-order chi connectivity index (χ1) is 8.20. The van der Waals surface area contributed by atoms with Crippen LogP contribution in [0.5, 0.6) is 0 Å². The van der Waals surface area contributed by atoms with Gasteiger partial charge in [0.15, 0.2) is 0 Å². The molecule has 104 valence electrons. The third kappa shape index (κ3) is 12.2. The van der Waals surface area contributed by atoms with Crippen molar-refractivity contribution in [3.05, 3.63) is 0 Å². The van der Waals surface area contributed by atoms with E-state index in [1.807, 2.05) is 0 Å². The maximum atomic E-state index is 5.79. The van der Waals surface area contributed by atoms with Gasteiger partial charge in [0.1, 0.15) is 0 Å². The van der Waals surface area contributed by atoms with E-state index >= 15 is 0 Å². The molecule has 0 aliphatic carbocycles. The molecule has 0 amide bonds. The van der Waals surface area contributed by atoms with Crippen LogP contribution in [0.25, 0.3) is 0 Å². The number of unbranched alkanes of at least 4 members (excludes halogenated alkanes) is 4. The van der Waals surface area contributed by atoms with Gasteiger partial charge in [-0.25, -0.2) is 0 Å². The molecule has 0 saturated heterocycles. The molecule has 0 radical (unpaired) electrons. The van der Waals surface area contributed by atoms with Crippen molar-refractivity contribution in [2.24, 2.45) is 0 Å². The lowest BCUT2D eigenvalue weighted by Gasteiger charge is -2.17. The van der Waals surface area contributed by atoms with E-state index in [-0.39, 0.29) is 0 Å². The van der Waals surface area contributed by atoms with Crippen LogP contribution < -0.4 is 5.32 Å². The van der Waals surface area contributed by atoms with Crippen molar-refractivity contribution < 1.29 is 4.74 Å². The fraction of sp³-hybridized carbons (Fsp3) is 1.00. The Kier molecular flexibility index (Phi) is 12.3. The average Bonchev–Trinajstić information content (AvgIpc) is 2.31. The minimum Gasteiger partial charge on any atom is -0.377 e. The van der Waals surface area contributed by atoms with Gasteiger partial charge in [-0.05, 0) is 26.7 Å². The summed E-state index contributed by atoms with van der Waals surface area (Å²) in [6.45, 7) is 10.8. The molecule has 0 aliphatic rings. The van der Waals surface area contributed by atoms with Crippen LogP contribution in [0.15, 0.2) is 0 Å². The summed E-state index contributed by atoms with van der Waals surface area (Å²) < 4.78 is 5.79. The molecule has 2 unspecified atom stereocenters. The molecule has 0 saturated carbocycles. The molecule has 0 spiro atoms. The smallest absolute Gasteiger partial charge is 0.0671 e. The Balaban J connectivity index is 3.25. The molecule has 0 heterocycles. The lowest BCUT2D eigenvalue weighted by atomic mass is 10.2. The fourth-order valence-electron chi connectivity index (χ4n) is 1.95. The Hall–Kier alpha value is -0.0800. The summed E-state index contributed by atoms with van der Waals surface area (Å²) in [5.41, 5.74) is 0.